The lowest BCUT2D eigenvalue weighted by Gasteiger charge is -2.26. The normalized spacial score (nSPS) is 24.0. The molecule has 1 saturated carbocycles. The molecule has 0 amide bonds. The Balaban J connectivity index is 2.24. The minimum atomic E-state index is 0.265. The van der Waals surface area contributed by atoms with Crippen molar-refractivity contribution in [3.63, 3.8) is 0 Å². The Morgan fingerprint density at radius 3 is 2.00 bits per heavy atom. The second-order valence-electron chi connectivity index (χ2n) is 6.09. The Kier molecular flexibility index (Phi) is 3.89. The van der Waals surface area contributed by atoms with Crippen molar-refractivity contribution in [1.82, 2.24) is 0 Å². The maximum atomic E-state index is 12.7. The number of ketones is 1. The Labute approximate surface area is 111 Å². The molecule has 0 bridgehead atoms. The van der Waals surface area contributed by atoms with Crippen LogP contribution in [0.2, 0.25) is 0 Å². The fourth-order valence-electron chi connectivity index (χ4n) is 3.30. The van der Waals surface area contributed by atoms with Gasteiger partial charge in [0.15, 0.2) is 5.78 Å². The first-order valence-corrected chi connectivity index (χ1v) is 7.11. The van der Waals surface area contributed by atoms with Gasteiger partial charge in [-0.25, -0.2) is 0 Å². The molecule has 1 aromatic rings. The summed E-state index contributed by atoms with van der Waals surface area (Å²) in [4.78, 5) is 12.7. The summed E-state index contributed by atoms with van der Waals surface area (Å²) in [5.41, 5.74) is 4.53. The van der Waals surface area contributed by atoms with Gasteiger partial charge in [-0.3, -0.25) is 4.79 Å². The van der Waals surface area contributed by atoms with Crippen molar-refractivity contribution in [2.24, 2.45) is 11.8 Å². The van der Waals surface area contributed by atoms with Crippen LogP contribution in [0.3, 0.4) is 0 Å². The molecule has 2 rings (SSSR count). The van der Waals surface area contributed by atoms with Crippen LogP contribution in [-0.4, -0.2) is 5.78 Å². The van der Waals surface area contributed by atoms with Crippen LogP contribution >= 0.6 is 0 Å². The third-order valence-electron chi connectivity index (χ3n) is 4.31. The van der Waals surface area contributed by atoms with E-state index < -0.39 is 0 Å². The molecule has 0 unspecified atom stereocenters. The highest BCUT2D eigenvalue weighted by Gasteiger charge is 2.26. The van der Waals surface area contributed by atoms with Crippen molar-refractivity contribution >= 4 is 5.78 Å². The van der Waals surface area contributed by atoms with E-state index in [2.05, 4.69) is 39.8 Å². The van der Waals surface area contributed by atoms with E-state index in [4.69, 9.17) is 0 Å². The molecular weight excluding hydrogens is 220 g/mol. The summed E-state index contributed by atoms with van der Waals surface area (Å²) in [5, 5.41) is 0. The minimum Gasteiger partial charge on any atom is -0.294 e. The van der Waals surface area contributed by atoms with Gasteiger partial charge in [0.05, 0.1) is 0 Å². The molecule has 1 aliphatic carbocycles. The van der Waals surface area contributed by atoms with Crippen LogP contribution in [0, 0.1) is 32.6 Å². The molecule has 0 aromatic heterocycles. The topological polar surface area (TPSA) is 17.1 Å². The molecule has 0 heterocycles. The molecule has 0 N–H and O–H groups in total. The summed E-state index contributed by atoms with van der Waals surface area (Å²) in [7, 11) is 0. The highest BCUT2D eigenvalue weighted by Crippen LogP contribution is 2.32. The number of aryl methyl sites for hydroxylation is 3. The summed E-state index contributed by atoms with van der Waals surface area (Å²) < 4.78 is 0. The van der Waals surface area contributed by atoms with Crippen LogP contribution in [0.1, 0.15) is 59.7 Å². The number of rotatable bonds is 2. The van der Waals surface area contributed by atoms with Gasteiger partial charge < -0.3 is 0 Å². The van der Waals surface area contributed by atoms with E-state index >= 15 is 0 Å². The predicted molar refractivity (Wildman–Crippen MR) is 76.1 cm³/mol. The summed E-state index contributed by atoms with van der Waals surface area (Å²) in [6.07, 6.45) is 4.57. The van der Waals surface area contributed by atoms with E-state index in [0.29, 0.717) is 5.78 Å². The van der Waals surface area contributed by atoms with Gasteiger partial charge in [-0.15, -0.1) is 0 Å². The predicted octanol–water partition coefficient (Wildman–Crippen LogP) is 4.62. The van der Waals surface area contributed by atoms with Gasteiger partial charge >= 0.3 is 0 Å². The first kappa shape index (κ1) is 13.3. The van der Waals surface area contributed by atoms with Gasteiger partial charge in [-0.1, -0.05) is 37.5 Å². The first-order valence-electron chi connectivity index (χ1n) is 7.11. The van der Waals surface area contributed by atoms with Gasteiger partial charge in [-0.05, 0) is 50.7 Å². The number of benzene rings is 1. The molecular formula is C17H24O. The second-order valence-corrected chi connectivity index (χ2v) is 6.09. The molecule has 1 aromatic carbocycles. The van der Waals surface area contributed by atoms with E-state index in [1.165, 1.54) is 18.4 Å². The van der Waals surface area contributed by atoms with Gasteiger partial charge in [0.25, 0.3) is 0 Å². The lowest BCUT2D eigenvalue weighted by atomic mass is 9.78. The van der Waals surface area contributed by atoms with Crippen molar-refractivity contribution < 1.29 is 4.79 Å². The molecule has 1 aliphatic rings. The van der Waals surface area contributed by atoms with Crippen LogP contribution in [0.5, 0.6) is 0 Å². The smallest absolute Gasteiger partial charge is 0.166 e. The van der Waals surface area contributed by atoms with E-state index in [0.717, 1.165) is 35.4 Å². The molecule has 0 atom stereocenters. The van der Waals surface area contributed by atoms with Crippen LogP contribution in [0.15, 0.2) is 12.1 Å². The number of hydrogen-bond acceptors (Lipinski definition) is 1. The van der Waals surface area contributed by atoms with Crippen molar-refractivity contribution in [1.29, 1.82) is 0 Å². The number of carbonyl (C=O) groups excluding carboxylic acids is 1. The quantitative estimate of drug-likeness (QED) is 0.694. The highest BCUT2D eigenvalue weighted by molar-refractivity contribution is 6.00. The van der Waals surface area contributed by atoms with Crippen molar-refractivity contribution in [3.05, 3.63) is 34.4 Å². The van der Waals surface area contributed by atoms with Crippen molar-refractivity contribution in [2.45, 2.75) is 53.4 Å². The minimum absolute atomic E-state index is 0.265. The monoisotopic (exact) mass is 244 g/mol. The maximum absolute atomic E-state index is 12.7. The van der Waals surface area contributed by atoms with Crippen LogP contribution in [-0.2, 0) is 0 Å². The summed E-state index contributed by atoms with van der Waals surface area (Å²) in [6, 6.07) is 4.26. The Morgan fingerprint density at radius 1 is 1.00 bits per heavy atom. The average Bonchev–Trinajstić information content (AvgIpc) is 2.28. The van der Waals surface area contributed by atoms with Gasteiger partial charge in [0.1, 0.15) is 0 Å². The fourth-order valence-corrected chi connectivity index (χ4v) is 3.30. The van der Waals surface area contributed by atoms with Crippen LogP contribution < -0.4 is 0 Å². The summed E-state index contributed by atoms with van der Waals surface area (Å²) in [5.74, 6) is 1.45. The van der Waals surface area contributed by atoms with E-state index in [1.807, 2.05) is 0 Å². The number of hydrogen-bond donors (Lipinski definition) is 0. The molecule has 0 aliphatic heterocycles. The van der Waals surface area contributed by atoms with Crippen molar-refractivity contribution in [2.75, 3.05) is 0 Å². The van der Waals surface area contributed by atoms with Gasteiger partial charge in [0, 0.05) is 11.5 Å². The Hall–Kier alpha value is -1.11. The molecule has 0 radical (unpaired) electrons. The Morgan fingerprint density at radius 2 is 1.50 bits per heavy atom. The van der Waals surface area contributed by atoms with E-state index in [-0.39, 0.29) is 5.92 Å². The highest BCUT2D eigenvalue weighted by atomic mass is 16.1. The maximum Gasteiger partial charge on any atom is 0.166 e. The molecule has 1 heteroatoms. The summed E-state index contributed by atoms with van der Waals surface area (Å²) >= 11 is 0. The standard InChI is InChI=1S/C17H24O/c1-11-5-7-15(8-6-11)17(18)16-13(3)9-12(2)10-14(16)4/h9-11,15H,5-8H2,1-4H3. The lowest BCUT2D eigenvalue weighted by Crippen LogP contribution is -2.22. The lowest BCUT2D eigenvalue weighted by molar-refractivity contribution is 0.0874. The van der Waals surface area contributed by atoms with E-state index in [1.54, 1.807) is 0 Å². The number of Topliss-reactive ketones (excluding diaryl/α,β-unsaturated/α-hetero) is 1. The fraction of sp³-hybridized carbons (Fsp3) is 0.588. The van der Waals surface area contributed by atoms with Gasteiger partial charge in [-0.2, -0.15) is 0 Å². The third-order valence-corrected chi connectivity index (χ3v) is 4.31. The molecule has 1 nitrogen and oxygen atoms in total. The second kappa shape index (κ2) is 5.26. The number of carbonyl (C=O) groups is 1. The molecule has 1 fully saturated rings. The van der Waals surface area contributed by atoms with Crippen molar-refractivity contribution in [3.8, 4) is 0 Å². The molecule has 98 valence electrons. The molecule has 18 heavy (non-hydrogen) atoms. The molecule has 0 spiro atoms. The van der Waals surface area contributed by atoms with Gasteiger partial charge in [0.2, 0.25) is 0 Å². The zero-order valence-corrected chi connectivity index (χ0v) is 12.0. The SMILES string of the molecule is Cc1cc(C)c(C(=O)C2CCC(C)CC2)c(C)c1. The zero-order valence-electron chi connectivity index (χ0n) is 12.0. The van der Waals surface area contributed by atoms with E-state index in [9.17, 15) is 4.79 Å². The zero-order chi connectivity index (χ0) is 13.3. The average molecular weight is 244 g/mol. The van der Waals surface area contributed by atoms with Crippen LogP contribution in [0.4, 0.5) is 0 Å². The summed E-state index contributed by atoms with van der Waals surface area (Å²) in [6.45, 7) is 8.52. The Bertz CT molecular complexity index is 428. The van der Waals surface area contributed by atoms with Crippen LogP contribution in [0.25, 0.3) is 0 Å². The molecule has 0 saturated heterocycles. The first-order chi connectivity index (χ1) is 8.49. The third kappa shape index (κ3) is 2.66. The largest absolute Gasteiger partial charge is 0.294 e.